The Kier molecular flexibility index (Phi) is 3.30. The summed E-state index contributed by atoms with van der Waals surface area (Å²) in [6.07, 6.45) is 3.19. The number of nitrogens with one attached hydrogen (secondary N) is 1. The Morgan fingerprint density at radius 1 is 1.30 bits per heavy atom. The number of amides is 1. The molecule has 0 bridgehead atoms. The molecule has 0 aliphatic carbocycles. The Labute approximate surface area is 119 Å². The molecule has 0 radical (unpaired) electrons. The van der Waals surface area contributed by atoms with E-state index in [4.69, 9.17) is 4.42 Å². The fraction of sp³-hybridized carbons (Fsp3) is 0.0714. The van der Waals surface area contributed by atoms with E-state index in [-0.39, 0.29) is 11.7 Å². The van der Waals surface area contributed by atoms with Gasteiger partial charge in [-0.25, -0.2) is 4.98 Å². The molecule has 1 amide bonds. The number of anilines is 1. The van der Waals surface area contributed by atoms with Crippen LogP contribution in [-0.4, -0.2) is 15.9 Å². The van der Waals surface area contributed by atoms with Gasteiger partial charge in [-0.2, -0.15) is 0 Å². The fourth-order valence-corrected chi connectivity index (χ4v) is 2.69. The number of carbonyl (C=O) groups is 1. The summed E-state index contributed by atoms with van der Waals surface area (Å²) in [4.78, 5) is 21.5. The molecule has 0 unspecified atom stereocenters. The number of hydrogen-bond donors (Lipinski definition) is 1. The van der Waals surface area contributed by atoms with E-state index in [2.05, 4.69) is 15.3 Å². The van der Waals surface area contributed by atoms with Crippen LogP contribution >= 0.6 is 11.3 Å². The van der Waals surface area contributed by atoms with Gasteiger partial charge < -0.3 is 4.42 Å². The van der Waals surface area contributed by atoms with Gasteiger partial charge in [0.1, 0.15) is 0 Å². The van der Waals surface area contributed by atoms with Crippen LogP contribution in [0.4, 0.5) is 5.13 Å². The van der Waals surface area contributed by atoms with Gasteiger partial charge in [-0.05, 0) is 31.2 Å². The van der Waals surface area contributed by atoms with E-state index in [0.29, 0.717) is 5.13 Å². The smallest absolute Gasteiger partial charge is 0.293 e. The molecule has 20 heavy (non-hydrogen) atoms. The van der Waals surface area contributed by atoms with Crippen LogP contribution < -0.4 is 5.32 Å². The van der Waals surface area contributed by atoms with Crippen molar-refractivity contribution in [3.8, 4) is 10.6 Å². The van der Waals surface area contributed by atoms with Gasteiger partial charge in [0, 0.05) is 6.20 Å². The second-order valence-corrected chi connectivity index (χ2v) is 5.08. The third-order valence-corrected chi connectivity index (χ3v) is 3.75. The maximum Gasteiger partial charge on any atom is 0.293 e. The lowest BCUT2D eigenvalue weighted by atomic mass is 10.3. The molecule has 3 aromatic heterocycles. The first kappa shape index (κ1) is 12.6. The molecule has 0 saturated heterocycles. The summed E-state index contributed by atoms with van der Waals surface area (Å²) < 4.78 is 5.04. The van der Waals surface area contributed by atoms with Crippen LogP contribution in [-0.2, 0) is 0 Å². The van der Waals surface area contributed by atoms with Gasteiger partial charge >= 0.3 is 0 Å². The zero-order valence-corrected chi connectivity index (χ0v) is 11.5. The molecule has 1 N–H and O–H groups in total. The van der Waals surface area contributed by atoms with Crippen LogP contribution in [0, 0.1) is 6.92 Å². The van der Waals surface area contributed by atoms with Crippen molar-refractivity contribution in [3.05, 3.63) is 54.2 Å². The summed E-state index contributed by atoms with van der Waals surface area (Å²) in [6, 6.07) is 8.97. The summed E-state index contributed by atoms with van der Waals surface area (Å²) >= 11 is 1.39. The van der Waals surface area contributed by atoms with Crippen LogP contribution in [0.5, 0.6) is 0 Å². The van der Waals surface area contributed by atoms with Crippen molar-refractivity contribution < 1.29 is 9.21 Å². The minimum absolute atomic E-state index is 0.261. The van der Waals surface area contributed by atoms with E-state index in [1.807, 2.05) is 25.1 Å². The van der Waals surface area contributed by atoms with Gasteiger partial charge in [-0.1, -0.05) is 17.4 Å². The quantitative estimate of drug-likeness (QED) is 0.801. The number of carbonyl (C=O) groups excluding carboxylic acids is 1. The Hall–Kier alpha value is -2.47. The van der Waals surface area contributed by atoms with Crippen molar-refractivity contribution in [2.75, 3.05) is 5.32 Å². The van der Waals surface area contributed by atoms with E-state index < -0.39 is 0 Å². The second kappa shape index (κ2) is 5.26. The van der Waals surface area contributed by atoms with E-state index in [1.165, 1.54) is 17.6 Å². The monoisotopic (exact) mass is 285 g/mol. The normalized spacial score (nSPS) is 10.4. The fourth-order valence-electron chi connectivity index (χ4n) is 1.75. The molecule has 0 aliphatic heterocycles. The average molecular weight is 285 g/mol. The lowest BCUT2D eigenvalue weighted by Gasteiger charge is -1.97. The summed E-state index contributed by atoms with van der Waals surface area (Å²) in [5.41, 5.74) is 1.68. The van der Waals surface area contributed by atoms with Gasteiger partial charge in [0.15, 0.2) is 10.9 Å². The lowest BCUT2D eigenvalue weighted by Crippen LogP contribution is -2.10. The third-order valence-electron chi connectivity index (χ3n) is 2.66. The molecule has 0 fully saturated rings. The average Bonchev–Trinajstić information content (AvgIpc) is 3.09. The Morgan fingerprint density at radius 2 is 2.20 bits per heavy atom. The molecule has 0 aromatic carbocycles. The first-order valence-electron chi connectivity index (χ1n) is 5.98. The number of pyridine rings is 1. The molecule has 0 saturated carbocycles. The lowest BCUT2D eigenvalue weighted by molar-refractivity contribution is 0.0996. The first-order chi connectivity index (χ1) is 9.74. The number of nitrogens with zero attached hydrogens (tertiary/aromatic N) is 2. The van der Waals surface area contributed by atoms with Crippen molar-refractivity contribution >= 4 is 22.4 Å². The molecule has 0 atom stereocenters. The molecule has 100 valence electrons. The Morgan fingerprint density at radius 3 is 2.90 bits per heavy atom. The zero-order chi connectivity index (χ0) is 13.9. The molecular formula is C14H11N3O2S. The number of furan rings is 1. The molecule has 3 heterocycles. The highest BCUT2D eigenvalue weighted by atomic mass is 32.1. The van der Waals surface area contributed by atoms with Gasteiger partial charge in [-0.15, -0.1) is 0 Å². The van der Waals surface area contributed by atoms with E-state index in [0.717, 1.165) is 16.3 Å². The predicted octanol–water partition coefficient (Wildman–Crippen LogP) is 3.36. The van der Waals surface area contributed by atoms with Gasteiger partial charge in [0.25, 0.3) is 5.91 Å². The van der Waals surface area contributed by atoms with Crippen molar-refractivity contribution in [1.29, 1.82) is 0 Å². The minimum atomic E-state index is -0.309. The predicted molar refractivity (Wildman–Crippen MR) is 76.7 cm³/mol. The largest absolute Gasteiger partial charge is 0.459 e. The topological polar surface area (TPSA) is 68.0 Å². The number of rotatable bonds is 3. The number of aryl methyl sites for hydroxylation is 1. The first-order valence-corrected chi connectivity index (χ1v) is 6.79. The summed E-state index contributed by atoms with van der Waals surface area (Å²) in [5.74, 6) is -0.0476. The highest BCUT2D eigenvalue weighted by molar-refractivity contribution is 7.19. The SMILES string of the molecule is Cc1nc(NC(=O)c2ccco2)sc1-c1ccccn1. The zero-order valence-electron chi connectivity index (χ0n) is 10.7. The minimum Gasteiger partial charge on any atom is -0.459 e. The summed E-state index contributed by atoms with van der Waals surface area (Å²) in [6.45, 7) is 1.89. The third kappa shape index (κ3) is 2.46. The highest BCUT2D eigenvalue weighted by Gasteiger charge is 2.14. The van der Waals surface area contributed by atoms with Crippen molar-refractivity contribution in [1.82, 2.24) is 9.97 Å². The summed E-state index contributed by atoms with van der Waals surface area (Å²) in [7, 11) is 0. The molecule has 5 nitrogen and oxygen atoms in total. The maximum atomic E-state index is 11.9. The Bertz CT molecular complexity index is 720. The Balaban J connectivity index is 1.85. The van der Waals surface area contributed by atoms with Gasteiger partial charge in [-0.3, -0.25) is 15.1 Å². The van der Waals surface area contributed by atoms with E-state index in [9.17, 15) is 4.79 Å². The maximum absolute atomic E-state index is 11.9. The number of hydrogen-bond acceptors (Lipinski definition) is 5. The summed E-state index contributed by atoms with van der Waals surface area (Å²) in [5, 5.41) is 3.25. The highest BCUT2D eigenvalue weighted by Crippen LogP contribution is 2.31. The standard InChI is InChI=1S/C14H11N3O2S/c1-9-12(10-5-2-3-7-15-10)20-14(16-9)17-13(18)11-6-4-8-19-11/h2-8H,1H3,(H,16,17,18). The second-order valence-electron chi connectivity index (χ2n) is 4.08. The van der Waals surface area contributed by atoms with Crippen LogP contribution in [0.1, 0.15) is 16.2 Å². The number of thiazole rings is 1. The van der Waals surface area contributed by atoms with E-state index >= 15 is 0 Å². The van der Waals surface area contributed by atoms with Crippen LogP contribution in [0.15, 0.2) is 47.2 Å². The van der Waals surface area contributed by atoms with Crippen LogP contribution in [0.25, 0.3) is 10.6 Å². The molecule has 0 spiro atoms. The van der Waals surface area contributed by atoms with Gasteiger partial charge in [0.2, 0.25) is 0 Å². The van der Waals surface area contributed by atoms with Crippen molar-refractivity contribution in [2.45, 2.75) is 6.92 Å². The molecular weight excluding hydrogens is 274 g/mol. The van der Waals surface area contributed by atoms with Crippen molar-refractivity contribution in [2.24, 2.45) is 0 Å². The molecule has 3 aromatic rings. The molecule has 0 aliphatic rings. The number of aromatic nitrogens is 2. The molecule has 3 rings (SSSR count). The van der Waals surface area contributed by atoms with Crippen LogP contribution in [0.2, 0.25) is 0 Å². The van der Waals surface area contributed by atoms with Gasteiger partial charge in [0.05, 0.1) is 22.5 Å². The van der Waals surface area contributed by atoms with Crippen LogP contribution in [0.3, 0.4) is 0 Å². The van der Waals surface area contributed by atoms with Crippen molar-refractivity contribution in [3.63, 3.8) is 0 Å². The molecule has 6 heteroatoms. The van der Waals surface area contributed by atoms with E-state index in [1.54, 1.807) is 18.3 Å².